The molecule has 1 aromatic carbocycles. The first-order chi connectivity index (χ1) is 9.47. The smallest absolute Gasteiger partial charge is 0.333 e. The van der Waals surface area contributed by atoms with Crippen LogP contribution >= 0.6 is 11.6 Å². The Kier molecular flexibility index (Phi) is 3.63. The van der Waals surface area contributed by atoms with E-state index in [1.807, 2.05) is 0 Å². The average Bonchev–Trinajstić information content (AvgIpc) is 2.40. The van der Waals surface area contributed by atoms with Gasteiger partial charge in [0.1, 0.15) is 17.4 Å². The molecule has 0 atom stereocenters. The van der Waals surface area contributed by atoms with Crippen molar-refractivity contribution in [1.29, 1.82) is 5.26 Å². The zero-order valence-corrected chi connectivity index (χ0v) is 11.5. The summed E-state index contributed by atoms with van der Waals surface area (Å²) in [6.07, 6.45) is 1.17. The number of benzene rings is 1. The predicted octanol–water partition coefficient (Wildman–Crippen LogP) is 1.37. The van der Waals surface area contributed by atoms with Gasteiger partial charge in [0, 0.05) is 12.3 Å². The van der Waals surface area contributed by atoms with Gasteiger partial charge >= 0.3 is 5.69 Å². The summed E-state index contributed by atoms with van der Waals surface area (Å²) in [5.41, 5.74) is -0.492. The fraction of sp³-hybridized carbons (Fsp3) is 0.154. The molecule has 0 aliphatic heterocycles. The number of hydrogen-bond acceptors (Lipinski definition) is 4. The number of halogens is 1. The number of nitrogens with zero attached hydrogens (tertiary/aromatic N) is 2. The number of nitrogens with one attached hydrogen (secondary N) is 1. The highest BCUT2D eigenvalue weighted by Gasteiger charge is 2.13. The quantitative estimate of drug-likeness (QED) is 0.905. The number of hydrogen-bond donors (Lipinski definition) is 1. The standard InChI is InChI=1S/C13H10ClN3O3/c1-7-3-9(20-2)4-10(14)11(7)17-6-8(5-15)12(18)16-13(17)19/h3-4,6H,1-2H3,(H,16,18,19). The molecule has 102 valence electrons. The van der Waals surface area contributed by atoms with E-state index in [9.17, 15) is 9.59 Å². The Balaban J connectivity index is 2.79. The van der Waals surface area contributed by atoms with E-state index in [2.05, 4.69) is 4.98 Å². The van der Waals surface area contributed by atoms with Gasteiger partial charge in [-0.25, -0.2) is 4.79 Å². The van der Waals surface area contributed by atoms with Crippen LogP contribution in [0.5, 0.6) is 5.75 Å². The van der Waals surface area contributed by atoms with Gasteiger partial charge in [0.25, 0.3) is 5.56 Å². The minimum Gasteiger partial charge on any atom is -0.497 e. The molecule has 0 radical (unpaired) electrons. The molecule has 20 heavy (non-hydrogen) atoms. The zero-order chi connectivity index (χ0) is 14.9. The fourth-order valence-corrected chi connectivity index (χ4v) is 2.19. The number of aryl methyl sites for hydroxylation is 1. The first-order valence-electron chi connectivity index (χ1n) is 5.58. The molecule has 6 nitrogen and oxygen atoms in total. The molecule has 1 heterocycles. The van der Waals surface area contributed by atoms with E-state index in [0.29, 0.717) is 17.0 Å². The number of ether oxygens (including phenoxy) is 1. The lowest BCUT2D eigenvalue weighted by Gasteiger charge is -2.12. The van der Waals surface area contributed by atoms with E-state index >= 15 is 0 Å². The maximum Gasteiger partial charge on any atom is 0.333 e. The molecule has 1 N–H and O–H groups in total. The zero-order valence-electron chi connectivity index (χ0n) is 10.7. The van der Waals surface area contributed by atoms with Gasteiger partial charge in [-0.3, -0.25) is 14.3 Å². The number of methoxy groups -OCH3 is 1. The molecule has 0 saturated carbocycles. The number of aromatic nitrogens is 2. The first-order valence-corrected chi connectivity index (χ1v) is 5.96. The minimum absolute atomic E-state index is 0.170. The van der Waals surface area contributed by atoms with Crippen LogP contribution in [0, 0.1) is 18.3 Å². The molecular weight excluding hydrogens is 282 g/mol. The van der Waals surface area contributed by atoms with E-state index in [0.717, 1.165) is 4.57 Å². The molecule has 2 rings (SSSR count). The highest BCUT2D eigenvalue weighted by molar-refractivity contribution is 6.32. The molecule has 0 bridgehead atoms. The van der Waals surface area contributed by atoms with Crippen LogP contribution in [0.3, 0.4) is 0 Å². The Morgan fingerprint density at radius 1 is 1.40 bits per heavy atom. The van der Waals surface area contributed by atoms with Crippen molar-refractivity contribution in [3.8, 4) is 17.5 Å². The van der Waals surface area contributed by atoms with Gasteiger partial charge in [0.05, 0.1) is 17.8 Å². The predicted molar refractivity (Wildman–Crippen MR) is 73.7 cm³/mol. The maximum atomic E-state index is 11.9. The van der Waals surface area contributed by atoms with Crippen LogP contribution in [0.25, 0.3) is 5.69 Å². The van der Waals surface area contributed by atoms with Crippen LogP contribution in [-0.2, 0) is 0 Å². The Morgan fingerprint density at radius 2 is 2.10 bits per heavy atom. The van der Waals surface area contributed by atoms with Gasteiger partial charge < -0.3 is 4.74 Å². The molecule has 0 unspecified atom stereocenters. The Hall–Kier alpha value is -2.52. The third-order valence-corrected chi connectivity index (χ3v) is 3.05. The van der Waals surface area contributed by atoms with Crippen molar-refractivity contribution < 1.29 is 4.74 Å². The van der Waals surface area contributed by atoms with Gasteiger partial charge in [-0.05, 0) is 18.6 Å². The van der Waals surface area contributed by atoms with E-state index in [4.69, 9.17) is 21.6 Å². The molecule has 0 fully saturated rings. The van der Waals surface area contributed by atoms with Crippen molar-refractivity contribution in [3.63, 3.8) is 0 Å². The second kappa shape index (κ2) is 5.23. The lowest BCUT2D eigenvalue weighted by molar-refractivity contribution is 0.414. The molecule has 7 heteroatoms. The number of nitriles is 1. The SMILES string of the molecule is COc1cc(C)c(-n2cc(C#N)c(=O)[nH]c2=O)c(Cl)c1. The van der Waals surface area contributed by atoms with E-state index in [1.54, 1.807) is 25.1 Å². The van der Waals surface area contributed by atoms with E-state index in [1.165, 1.54) is 13.3 Å². The third-order valence-electron chi connectivity index (χ3n) is 2.77. The van der Waals surface area contributed by atoms with Crippen molar-refractivity contribution in [2.45, 2.75) is 6.92 Å². The Bertz CT molecular complexity index is 807. The van der Waals surface area contributed by atoms with Gasteiger partial charge in [-0.1, -0.05) is 11.6 Å². The molecule has 0 amide bonds. The van der Waals surface area contributed by atoms with Crippen LogP contribution in [0.15, 0.2) is 27.9 Å². The number of rotatable bonds is 2. The van der Waals surface area contributed by atoms with E-state index < -0.39 is 11.2 Å². The number of aromatic amines is 1. The van der Waals surface area contributed by atoms with E-state index in [-0.39, 0.29) is 10.6 Å². The average molecular weight is 292 g/mol. The van der Waals surface area contributed by atoms with Gasteiger partial charge in [-0.2, -0.15) is 5.26 Å². The summed E-state index contributed by atoms with van der Waals surface area (Å²) in [5, 5.41) is 9.14. The van der Waals surface area contributed by atoms with Crippen LogP contribution < -0.4 is 16.0 Å². The van der Waals surface area contributed by atoms with Gasteiger partial charge in [0.2, 0.25) is 0 Å². The van der Waals surface area contributed by atoms with Crippen LogP contribution in [0.1, 0.15) is 11.1 Å². The molecule has 2 aromatic rings. The maximum absolute atomic E-state index is 11.9. The third kappa shape index (κ3) is 2.31. The normalized spacial score (nSPS) is 10.1. The van der Waals surface area contributed by atoms with Crippen molar-refractivity contribution in [2.75, 3.05) is 7.11 Å². The lowest BCUT2D eigenvalue weighted by atomic mass is 10.2. The summed E-state index contributed by atoms with van der Waals surface area (Å²) in [4.78, 5) is 25.3. The number of H-pyrrole nitrogens is 1. The largest absolute Gasteiger partial charge is 0.497 e. The lowest BCUT2D eigenvalue weighted by Crippen LogP contribution is -2.30. The molecule has 0 aliphatic rings. The van der Waals surface area contributed by atoms with Crippen LogP contribution in [-0.4, -0.2) is 16.7 Å². The van der Waals surface area contributed by atoms with Crippen molar-refractivity contribution in [2.24, 2.45) is 0 Å². The second-order valence-corrected chi connectivity index (χ2v) is 4.47. The van der Waals surface area contributed by atoms with Crippen molar-refractivity contribution in [1.82, 2.24) is 9.55 Å². The molecular formula is C13H10ClN3O3. The summed E-state index contributed by atoms with van der Waals surface area (Å²) in [6, 6.07) is 4.97. The van der Waals surface area contributed by atoms with Crippen molar-refractivity contribution >= 4 is 11.6 Å². The minimum atomic E-state index is -0.726. The highest BCUT2D eigenvalue weighted by atomic mass is 35.5. The fourth-order valence-electron chi connectivity index (χ4n) is 1.84. The Morgan fingerprint density at radius 3 is 2.65 bits per heavy atom. The summed E-state index contributed by atoms with van der Waals surface area (Å²) in [7, 11) is 1.50. The molecule has 0 spiro atoms. The Labute approximate surface area is 118 Å². The summed E-state index contributed by atoms with van der Waals surface area (Å²) >= 11 is 6.14. The highest BCUT2D eigenvalue weighted by Crippen LogP contribution is 2.28. The monoisotopic (exact) mass is 291 g/mol. The molecule has 1 aromatic heterocycles. The summed E-state index contributed by atoms with van der Waals surface area (Å²) < 4.78 is 6.21. The van der Waals surface area contributed by atoms with Crippen LogP contribution in [0.4, 0.5) is 0 Å². The van der Waals surface area contributed by atoms with Gasteiger partial charge in [-0.15, -0.1) is 0 Å². The second-order valence-electron chi connectivity index (χ2n) is 4.06. The summed E-state index contributed by atoms with van der Waals surface area (Å²) in [5.74, 6) is 0.550. The van der Waals surface area contributed by atoms with Gasteiger partial charge in [0.15, 0.2) is 0 Å². The van der Waals surface area contributed by atoms with Crippen molar-refractivity contribution in [3.05, 3.63) is 55.3 Å². The molecule has 0 saturated heterocycles. The first kappa shape index (κ1) is 13.9. The van der Waals surface area contributed by atoms with Crippen LogP contribution in [0.2, 0.25) is 5.02 Å². The molecule has 0 aliphatic carbocycles. The topological polar surface area (TPSA) is 87.9 Å². The summed E-state index contributed by atoms with van der Waals surface area (Å²) in [6.45, 7) is 1.74.